The SMILES string of the molecule is O=Cc1cccc(C2Nc3cccc4c3C2CCNC4=O)c1. The average molecular weight is 292 g/mol. The van der Waals surface area contributed by atoms with E-state index in [1.807, 2.05) is 42.5 Å². The van der Waals surface area contributed by atoms with Gasteiger partial charge in [0.15, 0.2) is 0 Å². The van der Waals surface area contributed by atoms with E-state index >= 15 is 0 Å². The maximum absolute atomic E-state index is 12.2. The molecule has 22 heavy (non-hydrogen) atoms. The molecule has 0 spiro atoms. The molecule has 0 saturated heterocycles. The number of hydrogen-bond acceptors (Lipinski definition) is 3. The minimum absolute atomic E-state index is 0.00319. The van der Waals surface area contributed by atoms with Crippen molar-refractivity contribution in [1.82, 2.24) is 5.32 Å². The third kappa shape index (κ3) is 1.91. The van der Waals surface area contributed by atoms with Gasteiger partial charge in [-0.1, -0.05) is 24.3 Å². The molecular weight excluding hydrogens is 276 g/mol. The van der Waals surface area contributed by atoms with Gasteiger partial charge in [-0.05, 0) is 35.7 Å². The molecule has 2 unspecified atom stereocenters. The molecule has 0 aliphatic carbocycles. The molecule has 110 valence electrons. The van der Waals surface area contributed by atoms with Crippen LogP contribution >= 0.6 is 0 Å². The Hall–Kier alpha value is -2.62. The standard InChI is InChI=1S/C18H16N2O2/c21-10-11-3-1-4-12(9-11)17-13-7-8-19-18(22)14-5-2-6-15(20-17)16(13)14/h1-6,9-10,13,17,20H,7-8H2,(H,19,22). The molecular formula is C18H16N2O2. The van der Waals surface area contributed by atoms with Gasteiger partial charge < -0.3 is 10.6 Å². The maximum atomic E-state index is 12.2. The van der Waals surface area contributed by atoms with Crippen LogP contribution in [0.4, 0.5) is 5.69 Å². The zero-order chi connectivity index (χ0) is 15.1. The normalized spacial score (nSPS) is 22.3. The van der Waals surface area contributed by atoms with Crippen LogP contribution < -0.4 is 10.6 Å². The molecule has 2 aromatic rings. The third-order valence-electron chi connectivity index (χ3n) is 4.58. The number of aldehydes is 1. The molecule has 4 rings (SSSR count). The predicted octanol–water partition coefficient (Wildman–Crippen LogP) is 2.88. The van der Waals surface area contributed by atoms with Gasteiger partial charge in [0.2, 0.25) is 0 Å². The van der Waals surface area contributed by atoms with Gasteiger partial charge in [0.25, 0.3) is 5.91 Å². The highest BCUT2D eigenvalue weighted by atomic mass is 16.1. The lowest BCUT2D eigenvalue weighted by atomic mass is 9.86. The molecule has 2 aromatic carbocycles. The fraction of sp³-hybridized carbons (Fsp3) is 0.222. The van der Waals surface area contributed by atoms with Crippen LogP contribution in [0.2, 0.25) is 0 Å². The van der Waals surface area contributed by atoms with Gasteiger partial charge in [0.05, 0.1) is 6.04 Å². The topological polar surface area (TPSA) is 58.2 Å². The van der Waals surface area contributed by atoms with Crippen LogP contribution in [0.1, 0.15) is 50.2 Å². The Morgan fingerprint density at radius 2 is 2.00 bits per heavy atom. The summed E-state index contributed by atoms with van der Waals surface area (Å²) in [7, 11) is 0. The van der Waals surface area contributed by atoms with E-state index in [0.717, 1.165) is 35.1 Å². The second-order valence-corrected chi connectivity index (χ2v) is 5.83. The Kier molecular flexibility index (Phi) is 2.96. The van der Waals surface area contributed by atoms with Crippen molar-refractivity contribution >= 4 is 17.9 Å². The quantitative estimate of drug-likeness (QED) is 0.837. The number of amides is 1. The second-order valence-electron chi connectivity index (χ2n) is 5.83. The number of rotatable bonds is 2. The zero-order valence-electron chi connectivity index (χ0n) is 12.0. The van der Waals surface area contributed by atoms with Crippen molar-refractivity contribution in [3.05, 3.63) is 64.7 Å². The maximum Gasteiger partial charge on any atom is 0.251 e. The largest absolute Gasteiger partial charge is 0.377 e. The van der Waals surface area contributed by atoms with E-state index in [-0.39, 0.29) is 17.9 Å². The van der Waals surface area contributed by atoms with Crippen molar-refractivity contribution in [3.8, 4) is 0 Å². The first-order chi connectivity index (χ1) is 10.8. The minimum Gasteiger partial charge on any atom is -0.377 e. The molecule has 2 aliphatic heterocycles. The number of carbonyl (C=O) groups excluding carboxylic acids is 2. The summed E-state index contributed by atoms with van der Waals surface area (Å²) in [6.07, 6.45) is 1.76. The highest BCUT2D eigenvalue weighted by molar-refractivity contribution is 5.98. The highest BCUT2D eigenvalue weighted by Crippen LogP contribution is 2.48. The summed E-state index contributed by atoms with van der Waals surface area (Å²) in [5.41, 5.74) is 4.67. The Morgan fingerprint density at radius 3 is 2.86 bits per heavy atom. The molecule has 0 radical (unpaired) electrons. The Balaban J connectivity index is 1.82. The lowest BCUT2D eigenvalue weighted by molar-refractivity contribution is 0.0955. The van der Waals surface area contributed by atoms with Gasteiger partial charge in [-0.3, -0.25) is 9.59 Å². The molecule has 2 aliphatic rings. The molecule has 2 atom stereocenters. The molecule has 2 heterocycles. The van der Waals surface area contributed by atoms with Gasteiger partial charge in [0.1, 0.15) is 6.29 Å². The summed E-state index contributed by atoms with van der Waals surface area (Å²) >= 11 is 0. The van der Waals surface area contributed by atoms with Gasteiger partial charge in [-0.2, -0.15) is 0 Å². The van der Waals surface area contributed by atoms with E-state index in [4.69, 9.17) is 0 Å². The lowest BCUT2D eigenvalue weighted by Gasteiger charge is -2.20. The van der Waals surface area contributed by atoms with Crippen LogP contribution in [0.5, 0.6) is 0 Å². The van der Waals surface area contributed by atoms with Crippen molar-refractivity contribution in [2.45, 2.75) is 18.4 Å². The van der Waals surface area contributed by atoms with Gasteiger partial charge in [-0.25, -0.2) is 0 Å². The fourth-order valence-electron chi connectivity index (χ4n) is 3.61. The van der Waals surface area contributed by atoms with E-state index in [1.165, 1.54) is 0 Å². The van der Waals surface area contributed by atoms with Gasteiger partial charge >= 0.3 is 0 Å². The second kappa shape index (κ2) is 4.98. The van der Waals surface area contributed by atoms with Crippen molar-refractivity contribution in [2.24, 2.45) is 0 Å². The van der Waals surface area contributed by atoms with Crippen LogP contribution in [0, 0.1) is 0 Å². The summed E-state index contributed by atoms with van der Waals surface area (Å²) in [4.78, 5) is 23.2. The van der Waals surface area contributed by atoms with Crippen LogP contribution in [0.3, 0.4) is 0 Å². The minimum atomic E-state index is 0.00319. The van der Waals surface area contributed by atoms with Crippen molar-refractivity contribution in [1.29, 1.82) is 0 Å². The van der Waals surface area contributed by atoms with Crippen LogP contribution in [-0.4, -0.2) is 18.7 Å². The Bertz CT molecular complexity index is 769. The third-order valence-corrected chi connectivity index (χ3v) is 4.58. The number of hydrogen-bond donors (Lipinski definition) is 2. The smallest absolute Gasteiger partial charge is 0.251 e. The van der Waals surface area contributed by atoms with E-state index in [0.29, 0.717) is 12.1 Å². The lowest BCUT2D eigenvalue weighted by Crippen LogP contribution is -2.23. The molecule has 0 saturated carbocycles. The molecule has 0 aromatic heterocycles. The first-order valence-corrected chi connectivity index (χ1v) is 7.51. The summed E-state index contributed by atoms with van der Waals surface area (Å²) in [6, 6.07) is 13.6. The van der Waals surface area contributed by atoms with E-state index in [1.54, 1.807) is 0 Å². The first kappa shape index (κ1) is 13.1. The first-order valence-electron chi connectivity index (χ1n) is 7.51. The zero-order valence-corrected chi connectivity index (χ0v) is 12.0. The van der Waals surface area contributed by atoms with Gasteiger partial charge in [-0.15, -0.1) is 0 Å². The van der Waals surface area contributed by atoms with Crippen LogP contribution in [0.15, 0.2) is 42.5 Å². The molecule has 0 fully saturated rings. The number of carbonyl (C=O) groups is 2. The van der Waals surface area contributed by atoms with Crippen LogP contribution in [0.25, 0.3) is 0 Å². The Morgan fingerprint density at radius 1 is 1.14 bits per heavy atom. The summed E-state index contributed by atoms with van der Waals surface area (Å²) in [5, 5.41) is 6.50. The summed E-state index contributed by atoms with van der Waals surface area (Å²) < 4.78 is 0. The predicted molar refractivity (Wildman–Crippen MR) is 84.3 cm³/mol. The molecule has 0 bridgehead atoms. The number of benzene rings is 2. The summed E-state index contributed by atoms with van der Waals surface area (Å²) in [5.74, 6) is 0.246. The fourth-order valence-corrected chi connectivity index (χ4v) is 3.61. The van der Waals surface area contributed by atoms with E-state index in [9.17, 15) is 9.59 Å². The van der Waals surface area contributed by atoms with Crippen molar-refractivity contribution in [3.63, 3.8) is 0 Å². The van der Waals surface area contributed by atoms with Crippen LogP contribution in [-0.2, 0) is 0 Å². The monoisotopic (exact) mass is 292 g/mol. The van der Waals surface area contributed by atoms with E-state index in [2.05, 4.69) is 10.6 Å². The molecule has 4 nitrogen and oxygen atoms in total. The number of anilines is 1. The number of nitrogens with one attached hydrogen (secondary N) is 2. The molecule has 4 heteroatoms. The van der Waals surface area contributed by atoms with E-state index < -0.39 is 0 Å². The van der Waals surface area contributed by atoms with Crippen molar-refractivity contribution < 1.29 is 9.59 Å². The van der Waals surface area contributed by atoms with Crippen molar-refractivity contribution in [2.75, 3.05) is 11.9 Å². The highest BCUT2D eigenvalue weighted by Gasteiger charge is 2.37. The average Bonchev–Trinajstić information content (AvgIpc) is 2.84. The molecule has 1 amide bonds. The molecule has 2 N–H and O–H groups in total. The Labute approximate surface area is 128 Å². The summed E-state index contributed by atoms with van der Waals surface area (Å²) in [6.45, 7) is 0.670. The van der Waals surface area contributed by atoms with Gasteiger partial charge in [0, 0.05) is 29.3 Å².